The number of piperazine rings is 1. The van der Waals surface area contributed by atoms with Crippen molar-refractivity contribution >= 4 is 27.3 Å². The van der Waals surface area contributed by atoms with Crippen LogP contribution in [0, 0.1) is 0 Å². The van der Waals surface area contributed by atoms with Gasteiger partial charge in [0.15, 0.2) is 0 Å². The summed E-state index contributed by atoms with van der Waals surface area (Å²) in [6, 6.07) is 12.3. The lowest BCUT2D eigenvalue weighted by Crippen LogP contribution is -2.44. The van der Waals surface area contributed by atoms with E-state index in [1.165, 1.54) is 17.5 Å². The van der Waals surface area contributed by atoms with Crippen LogP contribution >= 0.6 is 0 Å². The van der Waals surface area contributed by atoms with Gasteiger partial charge in [0.1, 0.15) is 10.6 Å². The van der Waals surface area contributed by atoms with Crippen LogP contribution in [-0.4, -0.2) is 77.0 Å². The molecule has 0 radical (unpaired) electrons. The van der Waals surface area contributed by atoms with Crippen molar-refractivity contribution in [3.8, 4) is 5.75 Å². The Hall–Kier alpha value is -2.62. The lowest BCUT2D eigenvalue weighted by atomic mass is 10.2. The molecule has 2 aliphatic heterocycles. The average Bonchev–Trinajstić information content (AvgIpc) is 3.15. The monoisotopic (exact) mass is 486 g/mol. The van der Waals surface area contributed by atoms with Crippen LogP contribution < -0.4 is 15.0 Å². The highest BCUT2D eigenvalue weighted by molar-refractivity contribution is 7.89. The Morgan fingerprint density at radius 2 is 1.53 bits per heavy atom. The van der Waals surface area contributed by atoms with E-state index in [0.29, 0.717) is 18.8 Å². The van der Waals surface area contributed by atoms with Crippen molar-refractivity contribution in [2.75, 3.05) is 63.6 Å². The van der Waals surface area contributed by atoms with Gasteiger partial charge in [-0.2, -0.15) is 4.31 Å². The summed E-state index contributed by atoms with van der Waals surface area (Å²) in [5, 5.41) is 2.89. The number of methoxy groups -OCH3 is 1. The van der Waals surface area contributed by atoms with Crippen molar-refractivity contribution < 1.29 is 17.9 Å². The van der Waals surface area contributed by atoms with E-state index in [2.05, 4.69) is 22.2 Å². The highest BCUT2D eigenvalue weighted by Crippen LogP contribution is 2.30. The molecule has 2 fully saturated rings. The van der Waals surface area contributed by atoms with Crippen LogP contribution in [0.1, 0.15) is 36.0 Å². The maximum atomic E-state index is 13.4. The van der Waals surface area contributed by atoms with Crippen molar-refractivity contribution in [2.24, 2.45) is 0 Å². The minimum absolute atomic E-state index is 0.0370. The quantitative estimate of drug-likeness (QED) is 0.675. The standard InChI is InChI=1S/C25H34N4O4S/c1-27-15-17-28(18-16-27)22-10-8-21(9-11-22)26-25(30)20-7-12-23(33-2)24(19-20)34(31,32)29-13-5-3-4-6-14-29/h7-12,19H,3-6,13-18H2,1-2H3,(H,26,30). The van der Waals surface area contributed by atoms with Gasteiger partial charge in [0, 0.05) is 56.2 Å². The van der Waals surface area contributed by atoms with E-state index in [-0.39, 0.29) is 22.1 Å². The number of nitrogens with zero attached hydrogens (tertiary/aromatic N) is 3. The maximum absolute atomic E-state index is 13.4. The van der Waals surface area contributed by atoms with Gasteiger partial charge in [-0.15, -0.1) is 0 Å². The Labute approximate surface area is 202 Å². The zero-order valence-electron chi connectivity index (χ0n) is 20.0. The molecular weight excluding hydrogens is 452 g/mol. The lowest BCUT2D eigenvalue weighted by molar-refractivity contribution is 0.102. The van der Waals surface area contributed by atoms with Gasteiger partial charge in [0.05, 0.1) is 7.11 Å². The number of amides is 1. The molecule has 0 aromatic heterocycles. The van der Waals surface area contributed by atoms with Gasteiger partial charge in [-0.25, -0.2) is 8.42 Å². The second kappa shape index (κ2) is 10.8. The largest absolute Gasteiger partial charge is 0.495 e. The summed E-state index contributed by atoms with van der Waals surface area (Å²) >= 11 is 0. The zero-order chi connectivity index (χ0) is 24.1. The number of rotatable bonds is 6. The number of carbonyl (C=O) groups is 1. The highest BCUT2D eigenvalue weighted by atomic mass is 32.2. The van der Waals surface area contributed by atoms with Crippen LogP contribution in [0.5, 0.6) is 5.75 Å². The summed E-state index contributed by atoms with van der Waals surface area (Å²) in [6.07, 6.45) is 3.73. The van der Waals surface area contributed by atoms with E-state index in [9.17, 15) is 13.2 Å². The van der Waals surface area contributed by atoms with E-state index < -0.39 is 10.0 Å². The molecule has 2 aliphatic rings. The lowest BCUT2D eigenvalue weighted by Gasteiger charge is -2.34. The Balaban J connectivity index is 1.50. The molecule has 34 heavy (non-hydrogen) atoms. The van der Waals surface area contributed by atoms with Gasteiger partial charge in [0.2, 0.25) is 10.0 Å². The van der Waals surface area contributed by atoms with Crippen molar-refractivity contribution in [1.82, 2.24) is 9.21 Å². The van der Waals surface area contributed by atoms with E-state index >= 15 is 0 Å². The normalized spacial score (nSPS) is 18.4. The Bertz CT molecular complexity index is 1090. The molecule has 4 rings (SSSR count). The fourth-order valence-corrected chi connectivity index (χ4v) is 6.16. The number of likely N-dealkylation sites (N-methyl/N-ethyl adjacent to an activating group) is 1. The third-order valence-corrected chi connectivity index (χ3v) is 8.52. The van der Waals surface area contributed by atoms with Crippen LogP contribution in [0.2, 0.25) is 0 Å². The first-order valence-electron chi connectivity index (χ1n) is 11.9. The molecule has 0 unspecified atom stereocenters. The van der Waals surface area contributed by atoms with Crippen LogP contribution in [0.3, 0.4) is 0 Å². The van der Waals surface area contributed by atoms with Crippen LogP contribution in [0.4, 0.5) is 11.4 Å². The number of ether oxygens (including phenoxy) is 1. The van der Waals surface area contributed by atoms with Gasteiger partial charge in [-0.1, -0.05) is 12.8 Å². The predicted octanol–water partition coefficient (Wildman–Crippen LogP) is 3.26. The second-order valence-electron chi connectivity index (χ2n) is 8.98. The van der Waals surface area contributed by atoms with E-state index in [4.69, 9.17) is 4.74 Å². The Morgan fingerprint density at radius 1 is 0.882 bits per heavy atom. The molecule has 2 aromatic rings. The molecule has 1 amide bonds. The molecular formula is C25H34N4O4S. The molecule has 9 heteroatoms. The fraction of sp³-hybridized carbons (Fsp3) is 0.480. The number of carbonyl (C=O) groups excluding carboxylic acids is 1. The zero-order valence-corrected chi connectivity index (χ0v) is 20.8. The molecule has 0 bridgehead atoms. The average molecular weight is 487 g/mol. The van der Waals surface area contributed by atoms with E-state index in [1.807, 2.05) is 24.3 Å². The molecule has 0 atom stereocenters. The molecule has 8 nitrogen and oxygen atoms in total. The molecule has 0 saturated carbocycles. The van der Waals surface area contributed by atoms with Crippen LogP contribution in [0.25, 0.3) is 0 Å². The summed E-state index contributed by atoms with van der Waals surface area (Å²) in [5.41, 5.74) is 2.06. The van der Waals surface area contributed by atoms with Crippen molar-refractivity contribution in [3.05, 3.63) is 48.0 Å². The highest BCUT2D eigenvalue weighted by Gasteiger charge is 2.29. The first-order chi connectivity index (χ1) is 16.4. The summed E-state index contributed by atoms with van der Waals surface area (Å²) < 4.78 is 33.6. The van der Waals surface area contributed by atoms with Gasteiger partial charge < -0.3 is 19.9 Å². The topological polar surface area (TPSA) is 82.2 Å². The number of benzene rings is 2. The predicted molar refractivity (Wildman–Crippen MR) is 134 cm³/mol. The van der Waals surface area contributed by atoms with E-state index in [1.54, 1.807) is 12.1 Å². The third-order valence-electron chi connectivity index (χ3n) is 6.60. The van der Waals surface area contributed by atoms with Gasteiger partial charge in [-0.3, -0.25) is 4.79 Å². The van der Waals surface area contributed by atoms with Gasteiger partial charge in [0.25, 0.3) is 5.91 Å². The van der Waals surface area contributed by atoms with Crippen LogP contribution in [0.15, 0.2) is 47.4 Å². The molecule has 2 aromatic carbocycles. The minimum Gasteiger partial charge on any atom is -0.495 e. The van der Waals surface area contributed by atoms with Gasteiger partial charge >= 0.3 is 0 Å². The summed E-state index contributed by atoms with van der Waals surface area (Å²) in [7, 11) is -0.192. The van der Waals surface area contributed by atoms with Crippen molar-refractivity contribution in [2.45, 2.75) is 30.6 Å². The Kier molecular flexibility index (Phi) is 7.75. The fourth-order valence-electron chi connectivity index (χ4n) is 4.46. The summed E-state index contributed by atoms with van der Waals surface area (Å²) in [4.78, 5) is 17.6. The summed E-state index contributed by atoms with van der Waals surface area (Å²) in [6.45, 7) is 4.98. The summed E-state index contributed by atoms with van der Waals surface area (Å²) in [5.74, 6) is -0.111. The third kappa shape index (κ3) is 5.54. The number of nitrogens with one attached hydrogen (secondary N) is 1. The molecule has 2 saturated heterocycles. The molecule has 0 spiro atoms. The molecule has 0 aliphatic carbocycles. The SMILES string of the molecule is COc1ccc(C(=O)Nc2ccc(N3CCN(C)CC3)cc2)cc1S(=O)(=O)N1CCCCCC1. The first kappa shape index (κ1) is 24.5. The van der Waals surface area contributed by atoms with Crippen molar-refractivity contribution in [1.29, 1.82) is 0 Å². The van der Waals surface area contributed by atoms with Gasteiger partial charge in [-0.05, 0) is 62.4 Å². The van der Waals surface area contributed by atoms with Crippen molar-refractivity contribution in [3.63, 3.8) is 0 Å². The smallest absolute Gasteiger partial charge is 0.255 e. The number of hydrogen-bond acceptors (Lipinski definition) is 6. The Morgan fingerprint density at radius 3 is 2.15 bits per heavy atom. The first-order valence-corrected chi connectivity index (χ1v) is 13.4. The maximum Gasteiger partial charge on any atom is 0.255 e. The molecule has 1 N–H and O–H groups in total. The number of hydrogen-bond donors (Lipinski definition) is 1. The second-order valence-corrected chi connectivity index (χ2v) is 10.9. The molecule has 2 heterocycles. The molecule has 184 valence electrons. The number of anilines is 2. The minimum atomic E-state index is -3.76. The number of sulfonamides is 1. The van der Waals surface area contributed by atoms with Crippen LogP contribution in [-0.2, 0) is 10.0 Å². The van der Waals surface area contributed by atoms with E-state index in [0.717, 1.165) is 57.5 Å².